The highest BCUT2D eigenvalue weighted by atomic mass is 28.2. The van der Waals surface area contributed by atoms with Gasteiger partial charge in [-0.05, 0) is 42.2 Å². The topological polar surface area (TPSA) is 3.24 Å². The summed E-state index contributed by atoms with van der Waals surface area (Å²) in [6, 6.07) is 16.4. The molecule has 1 nitrogen and oxygen atoms in total. The summed E-state index contributed by atoms with van der Waals surface area (Å²) >= 11 is 0. The maximum Gasteiger partial charge on any atom is 0.0583 e. The third-order valence-electron chi connectivity index (χ3n) is 5.34. The van der Waals surface area contributed by atoms with Crippen LogP contribution in [0.2, 0.25) is 6.55 Å². The van der Waals surface area contributed by atoms with Crippen molar-refractivity contribution in [1.82, 2.24) is 0 Å². The van der Waals surface area contributed by atoms with Gasteiger partial charge in [0.05, 0.1) is 15.6 Å². The first kappa shape index (κ1) is 16.2. The van der Waals surface area contributed by atoms with Gasteiger partial charge in [-0.1, -0.05) is 72.4 Å². The Morgan fingerprint density at radius 1 is 1.08 bits per heavy atom. The van der Waals surface area contributed by atoms with E-state index in [4.69, 9.17) is 0 Å². The van der Waals surface area contributed by atoms with Gasteiger partial charge in [-0.3, -0.25) is 0 Å². The van der Waals surface area contributed by atoms with Crippen LogP contribution < -0.4 is 10.1 Å². The standard InChI is InChI=1S/C23H25NSi/c1-3-24-22-7-5-4-6-20(22)21-16-18(12-15-23(21)24)9-8-17-10-13-19(25-2)14-11-17/h4-6,8-16,22H,3,7,25H2,1-2H3. The van der Waals surface area contributed by atoms with Gasteiger partial charge in [0.2, 0.25) is 0 Å². The Balaban J connectivity index is 1.64. The molecular formula is C23H25NSi. The third kappa shape index (κ3) is 3.02. The maximum absolute atomic E-state index is 2.53. The van der Waals surface area contributed by atoms with Crippen molar-refractivity contribution < 1.29 is 0 Å². The number of hydrogen-bond donors (Lipinski definition) is 0. The number of benzene rings is 2. The lowest BCUT2D eigenvalue weighted by molar-refractivity contribution is 0.743. The predicted octanol–water partition coefficient (Wildman–Crippen LogP) is 4.25. The number of hydrogen-bond acceptors (Lipinski definition) is 1. The maximum atomic E-state index is 2.53. The molecule has 25 heavy (non-hydrogen) atoms. The summed E-state index contributed by atoms with van der Waals surface area (Å²) in [5.41, 5.74) is 6.83. The van der Waals surface area contributed by atoms with Gasteiger partial charge in [-0.25, -0.2) is 0 Å². The molecule has 126 valence electrons. The van der Waals surface area contributed by atoms with Gasteiger partial charge in [-0.15, -0.1) is 0 Å². The SMILES string of the molecule is CCN1c2ccc(C=Cc3ccc([SiH2]C)cc3)cc2C2=CC=CCC21. The number of allylic oxidation sites excluding steroid dienone is 2. The zero-order chi connectivity index (χ0) is 17.2. The monoisotopic (exact) mass is 343 g/mol. The van der Waals surface area contributed by atoms with Gasteiger partial charge in [0.1, 0.15) is 0 Å². The van der Waals surface area contributed by atoms with Gasteiger partial charge in [0.25, 0.3) is 0 Å². The molecule has 2 heteroatoms. The van der Waals surface area contributed by atoms with Crippen molar-refractivity contribution in [3.63, 3.8) is 0 Å². The molecule has 4 rings (SSSR count). The van der Waals surface area contributed by atoms with E-state index in [-0.39, 0.29) is 9.52 Å². The fraction of sp³-hybridized carbons (Fsp3) is 0.217. The van der Waals surface area contributed by atoms with E-state index in [1.807, 2.05) is 0 Å². The molecule has 0 amide bonds. The van der Waals surface area contributed by atoms with Gasteiger partial charge in [-0.2, -0.15) is 0 Å². The van der Waals surface area contributed by atoms with Crippen LogP contribution in [0.4, 0.5) is 5.69 Å². The first-order valence-electron chi connectivity index (χ1n) is 9.35. The van der Waals surface area contributed by atoms with Crippen molar-refractivity contribution in [1.29, 1.82) is 0 Å². The highest BCUT2D eigenvalue weighted by Gasteiger charge is 2.32. The van der Waals surface area contributed by atoms with E-state index in [0.29, 0.717) is 6.04 Å². The minimum absolute atomic E-state index is 0.0543. The fourth-order valence-electron chi connectivity index (χ4n) is 3.94. The van der Waals surface area contributed by atoms with Crippen molar-refractivity contribution in [2.75, 3.05) is 11.4 Å². The molecule has 1 aliphatic carbocycles. The molecule has 0 bridgehead atoms. The summed E-state index contributed by atoms with van der Waals surface area (Å²) in [5.74, 6) is 0. The molecule has 0 fully saturated rings. The van der Waals surface area contributed by atoms with Crippen LogP contribution in [-0.4, -0.2) is 22.1 Å². The van der Waals surface area contributed by atoms with Crippen molar-refractivity contribution in [3.05, 3.63) is 77.4 Å². The van der Waals surface area contributed by atoms with Crippen molar-refractivity contribution in [2.45, 2.75) is 25.9 Å². The normalized spacial score (nSPS) is 18.9. The fourth-order valence-corrected chi connectivity index (χ4v) is 4.64. The summed E-state index contributed by atoms with van der Waals surface area (Å²) in [6.45, 7) is 5.64. The zero-order valence-electron chi connectivity index (χ0n) is 15.1. The van der Waals surface area contributed by atoms with Crippen LogP contribution in [0.5, 0.6) is 0 Å². The molecule has 1 heterocycles. The second-order valence-electron chi connectivity index (χ2n) is 6.79. The van der Waals surface area contributed by atoms with Crippen LogP contribution in [0.25, 0.3) is 17.7 Å². The average molecular weight is 344 g/mol. The van der Waals surface area contributed by atoms with Gasteiger partial charge in [0, 0.05) is 17.8 Å². The highest BCUT2D eigenvalue weighted by molar-refractivity contribution is 6.51. The van der Waals surface area contributed by atoms with E-state index in [2.05, 4.69) is 91.2 Å². The number of rotatable bonds is 4. The molecular weight excluding hydrogens is 318 g/mol. The Morgan fingerprint density at radius 2 is 1.84 bits per heavy atom. The molecule has 0 N–H and O–H groups in total. The molecule has 2 aromatic rings. The van der Waals surface area contributed by atoms with Gasteiger partial charge >= 0.3 is 0 Å². The molecule has 1 unspecified atom stereocenters. The third-order valence-corrected chi connectivity index (χ3v) is 6.63. The van der Waals surface area contributed by atoms with Gasteiger partial charge < -0.3 is 4.90 Å². The molecule has 2 aliphatic rings. The van der Waals surface area contributed by atoms with Crippen molar-refractivity contribution in [2.24, 2.45) is 0 Å². The molecule has 0 aromatic heterocycles. The Morgan fingerprint density at radius 3 is 2.60 bits per heavy atom. The minimum Gasteiger partial charge on any atom is -0.364 e. The quantitative estimate of drug-likeness (QED) is 0.592. The second kappa shape index (κ2) is 6.89. The number of anilines is 1. The summed E-state index contributed by atoms with van der Waals surface area (Å²) in [5, 5.41) is 1.53. The molecule has 0 saturated carbocycles. The molecule has 1 aliphatic heterocycles. The summed E-state index contributed by atoms with van der Waals surface area (Å²) in [7, 11) is -0.0543. The molecule has 0 spiro atoms. The van der Waals surface area contributed by atoms with Crippen LogP contribution in [0.3, 0.4) is 0 Å². The first-order valence-corrected chi connectivity index (χ1v) is 11.5. The number of fused-ring (bicyclic) bond motifs is 3. The lowest BCUT2D eigenvalue weighted by Gasteiger charge is -2.26. The van der Waals surface area contributed by atoms with E-state index in [1.54, 1.807) is 0 Å². The smallest absolute Gasteiger partial charge is 0.0583 e. The lowest BCUT2D eigenvalue weighted by atomic mass is 9.95. The number of likely N-dealkylation sites (N-methyl/N-ethyl adjacent to an activating group) is 1. The summed E-state index contributed by atoms with van der Waals surface area (Å²) < 4.78 is 0. The van der Waals surface area contributed by atoms with Crippen LogP contribution in [0, 0.1) is 0 Å². The van der Waals surface area contributed by atoms with Crippen molar-refractivity contribution >= 4 is 38.1 Å². The highest BCUT2D eigenvalue weighted by Crippen LogP contribution is 2.43. The van der Waals surface area contributed by atoms with Crippen molar-refractivity contribution in [3.8, 4) is 0 Å². The Hall–Kier alpha value is -2.32. The Labute approximate surface area is 153 Å². The van der Waals surface area contributed by atoms with Gasteiger partial charge in [0.15, 0.2) is 0 Å². The van der Waals surface area contributed by atoms with Crippen LogP contribution >= 0.6 is 0 Å². The summed E-state index contributed by atoms with van der Waals surface area (Å²) in [4.78, 5) is 2.53. The van der Waals surface area contributed by atoms with E-state index in [9.17, 15) is 0 Å². The molecule has 0 saturated heterocycles. The Bertz CT molecular complexity index is 858. The average Bonchev–Trinajstić information content (AvgIpc) is 3.00. The van der Waals surface area contributed by atoms with Crippen LogP contribution in [0.1, 0.15) is 30.0 Å². The van der Waals surface area contributed by atoms with Crippen LogP contribution in [-0.2, 0) is 0 Å². The zero-order valence-corrected chi connectivity index (χ0v) is 16.5. The predicted molar refractivity (Wildman–Crippen MR) is 114 cm³/mol. The summed E-state index contributed by atoms with van der Waals surface area (Å²) in [6.07, 6.45) is 12.4. The second-order valence-corrected chi connectivity index (χ2v) is 8.32. The minimum atomic E-state index is -0.0543. The molecule has 0 radical (unpaired) electrons. The van der Waals surface area contributed by atoms with E-state index in [1.165, 1.54) is 33.1 Å². The molecule has 1 atom stereocenters. The largest absolute Gasteiger partial charge is 0.364 e. The van der Waals surface area contributed by atoms with E-state index < -0.39 is 0 Å². The first-order chi connectivity index (χ1) is 12.3. The van der Waals surface area contributed by atoms with Crippen LogP contribution in [0.15, 0.2) is 60.7 Å². The van der Waals surface area contributed by atoms with E-state index in [0.717, 1.165) is 13.0 Å². The Kier molecular flexibility index (Phi) is 4.45. The molecule has 2 aromatic carbocycles. The number of nitrogens with zero attached hydrogens (tertiary/aromatic N) is 1. The lowest BCUT2D eigenvalue weighted by Crippen LogP contribution is -2.31. The van der Waals surface area contributed by atoms with E-state index >= 15 is 0 Å².